The number of nitrogens with zero attached hydrogens (tertiary/aromatic N) is 2. The van der Waals surface area contributed by atoms with E-state index in [-0.39, 0.29) is 49.8 Å². The lowest BCUT2D eigenvalue weighted by molar-refractivity contribution is 0.0642. The van der Waals surface area contributed by atoms with Crippen LogP contribution in [-0.2, 0) is 17.9 Å². The van der Waals surface area contributed by atoms with Crippen molar-refractivity contribution in [3.05, 3.63) is 82.7 Å². The lowest BCUT2D eigenvalue weighted by atomic mass is 10.1. The molecule has 0 saturated heterocycles. The maximum atomic E-state index is 13.4. The van der Waals surface area contributed by atoms with Crippen LogP contribution >= 0.6 is 0 Å². The number of carbonyl (C=O) groups is 3. The molecule has 0 fully saturated rings. The van der Waals surface area contributed by atoms with Crippen LogP contribution in [0.1, 0.15) is 38.8 Å². The Labute approximate surface area is 173 Å². The molecule has 2 aromatic carbocycles. The number of ether oxygens (including phenoxy) is 1. The van der Waals surface area contributed by atoms with Crippen molar-refractivity contribution < 1.29 is 23.5 Å². The fourth-order valence-corrected chi connectivity index (χ4v) is 3.66. The van der Waals surface area contributed by atoms with Gasteiger partial charge in [0.2, 0.25) is 0 Å². The van der Waals surface area contributed by atoms with E-state index in [0.29, 0.717) is 11.1 Å². The highest BCUT2D eigenvalue weighted by Gasteiger charge is 2.35. The van der Waals surface area contributed by atoms with Crippen LogP contribution < -0.4 is 0 Å². The van der Waals surface area contributed by atoms with Crippen molar-refractivity contribution in [2.75, 3.05) is 13.1 Å². The third-order valence-corrected chi connectivity index (χ3v) is 5.30. The molecule has 2 heterocycles. The summed E-state index contributed by atoms with van der Waals surface area (Å²) in [5.74, 6) is -1.17. The van der Waals surface area contributed by atoms with Crippen molar-refractivity contribution in [1.29, 1.82) is 0 Å². The van der Waals surface area contributed by atoms with Gasteiger partial charge in [-0.25, -0.2) is 9.18 Å². The van der Waals surface area contributed by atoms with E-state index in [0.717, 1.165) is 11.1 Å². The van der Waals surface area contributed by atoms with Gasteiger partial charge in [0.25, 0.3) is 11.8 Å². The fourth-order valence-electron chi connectivity index (χ4n) is 3.66. The summed E-state index contributed by atoms with van der Waals surface area (Å²) in [4.78, 5) is 40.0. The number of hydrogen-bond donors (Lipinski definition) is 0. The minimum atomic E-state index is -0.503. The number of rotatable bonds is 4. The van der Waals surface area contributed by atoms with Crippen molar-refractivity contribution in [1.82, 2.24) is 9.80 Å². The van der Waals surface area contributed by atoms with E-state index in [1.165, 1.54) is 15.9 Å². The summed E-state index contributed by atoms with van der Waals surface area (Å²) in [7, 11) is 0. The lowest BCUT2D eigenvalue weighted by Gasteiger charge is -2.27. The summed E-state index contributed by atoms with van der Waals surface area (Å²) in [6.45, 7) is 2.37. The largest absolute Gasteiger partial charge is 0.445 e. The second kappa shape index (κ2) is 8.10. The first-order valence-corrected chi connectivity index (χ1v) is 9.74. The summed E-state index contributed by atoms with van der Waals surface area (Å²) < 4.78 is 18.8. The Balaban J connectivity index is 1.39. The molecule has 7 heteroatoms. The molecule has 0 radical (unpaired) electrons. The SMILES string of the molecule is CC1CN(C(=O)OCc2cccc(CN3C(=O)c4ccccc4C3=O)c2)CC=C1F. The molecule has 0 aromatic heterocycles. The maximum absolute atomic E-state index is 13.4. The van der Waals surface area contributed by atoms with E-state index in [2.05, 4.69) is 0 Å². The van der Waals surface area contributed by atoms with Crippen LogP contribution in [-0.4, -0.2) is 40.8 Å². The molecule has 0 aliphatic carbocycles. The number of benzene rings is 2. The van der Waals surface area contributed by atoms with Gasteiger partial charge in [-0.1, -0.05) is 43.3 Å². The van der Waals surface area contributed by atoms with Crippen molar-refractivity contribution in [2.45, 2.75) is 20.1 Å². The molecule has 2 aliphatic heterocycles. The smallest absolute Gasteiger partial charge is 0.410 e. The molecule has 4 rings (SSSR count). The first-order valence-electron chi connectivity index (χ1n) is 9.74. The minimum absolute atomic E-state index is 0.0475. The monoisotopic (exact) mass is 408 g/mol. The first-order chi connectivity index (χ1) is 14.4. The predicted molar refractivity (Wildman–Crippen MR) is 107 cm³/mol. The summed E-state index contributed by atoms with van der Waals surface area (Å²) in [6, 6.07) is 14.0. The van der Waals surface area contributed by atoms with Gasteiger partial charge in [0.15, 0.2) is 0 Å². The van der Waals surface area contributed by atoms with Crippen LogP contribution in [0.15, 0.2) is 60.4 Å². The zero-order valence-corrected chi connectivity index (χ0v) is 16.5. The Morgan fingerprint density at radius 1 is 1.07 bits per heavy atom. The van der Waals surface area contributed by atoms with E-state index in [1.54, 1.807) is 49.4 Å². The highest BCUT2D eigenvalue weighted by atomic mass is 19.1. The van der Waals surface area contributed by atoms with Crippen molar-refractivity contribution in [3.8, 4) is 0 Å². The molecule has 1 atom stereocenters. The van der Waals surface area contributed by atoms with Gasteiger partial charge in [0, 0.05) is 19.0 Å². The van der Waals surface area contributed by atoms with Crippen LogP contribution in [0.25, 0.3) is 0 Å². The Kier molecular flexibility index (Phi) is 5.35. The summed E-state index contributed by atoms with van der Waals surface area (Å²) in [5, 5.41) is 0. The van der Waals surface area contributed by atoms with Gasteiger partial charge in [0.1, 0.15) is 12.4 Å². The Morgan fingerprint density at radius 2 is 1.73 bits per heavy atom. The first kappa shape index (κ1) is 19.8. The third-order valence-electron chi connectivity index (χ3n) is 5.30. The van der Waals surface area contributed by atoms with E-state index < -0.39 is 6.09 Å². The van der Waals surface area contributed by atoms with Gasteiger partial charge < -0.3 is 9.64 Å². The molecular formula is C23H21FN2O4. The van der Waals surface area contributed by atoms with Crippen LogP contribution in [0.5, 0.6) is 0 Å². The van der Waals surface area contributed by atoms with E-state index in [9.17, 15) is 18.8 Å². The molecule has 1 unspecified atom stereocenters. The van der Waals surface area contributed by atoms with Gasteiger partial charge in [-0.2, -0.15) is 0 Å². The molecule has 2 aliphatic rings. The third kappa shape index (κ3) is 3.83. The normalized spacial score (nSPS) is 18.3. The molecule has 0 spiro atoms. The molecule has 0 bridgehead atoms. The van der Waals surface area contributed by atoms with Crippen molar-refractivity contribution in [2.24, 2.45) is 5.92 Å². The van der Waals surface area contributed by atoms with Gasteiger partial charge in [-0.15, -0.1) is 0 Å². The highest BCUT2D eigenvalue weighted by Crippen LogP contribution is 2.24. The van der Waals surface area contributed by atoms with Crippen molar-refractivity contribution >= 4 is 17.9 Å². The topological polar surface area (TPSA) is 66.9 Å². The number of halogens is 1. The Hall–Kier alpha value is -3.48. The minimum Gasteiger partial charge on any atom is -0.445 e. The quantitative estimate of drug-likeness (QED) is 0.719. The number of hydrogen-bond acceptors (Lipinski definition) is 4. The van der Waals surface area contributed by atoms with Crippen LogP contribution in [0, 0.1) is 5.92 Å². The fraction of sp³-hybridized carbons (Fsp3) is 0.261. The summed E-state index contributed by atoms with van der Waals surface area (Å²) in [6.07, 6.45) is 0.884. The molecule has 3 amide bonds. The zero-order valence-electron chi connectivity index (χ0n) is 16.5. The summed E-state index contributed by atoms with van der Waals surface area (Å²) in [5.41, 5.74) is 2.32. The second-order valence-electron chi connectivity index (χ2n) is 7.51. The standard InChI is InChI=1S/C23H21FN2O4/c1-15-12-25(10-9-20(15)24)23(29)30-14-17-6-4-5-16(11-17)13-26-21(27)18-7-2-3-8-19(18)22(26)28/h2-9,11,15H,10,12-14H2,1H3. The molecule has 2 aromatic rings. The van der Waals surface area contributed by atoms with Crippen LogP contribution in [0.2, 0.25) is 0 Å². The Bertz CT molecular complexity index is 1010. The molecule has 154 valence electrons. The number of amides is 3. The van der Waals surface area contributed by atoms with Crippen LogP contribution in [0.4, 0.5) is 9.18 Å². The number of carbonyl (C=O) groups excluding carboxylic acids is 3. The average molecular weight is 408 g/mol. The molecule has 0 saturated carbocycles. The van der Waals surface area contributed by atoms with E-state index in [1.807, 2.05) is 6.07 Å². The van der Waals surface area contributed by atoms with Gasteiger partial charge >= 0.3 is 6.09 Å². The number of imide groups is 1. The maximum Gasteiger partial charge on any atom is 0.410 e. The molecular weight excluding hydrogens is 387 g/mol. The number of fused-ring (bicyclic) bond motifs is 1. The van der Waals surface area contributed by atoms with E-state index >= 15 is 0 Å². The van der Waals surface area contributed by atoms with Gasteiger partial charge in [0.05, 0.1) is 17.7 Å². The summed E-state index contributed by atoms with van der Waals surface area (Å²) >= 11 is 0. The average Bonchev–Trinajstić information content (AvgIpc) is 2.99. The highest BCUT2D eigenvalue weighted by molar-refractivity contribution is 6.21. The van der Waals surface area contributed by atoms with Gasteiger partial charge in [-0.3, -0.25) is 14.5 Å². The van der Waals surface area contributed by atoms with E-state index in [4.69, 9.17) is 4.74 Å². The van der Waals surface area contributed by atoms with Crippen LogP contribution in [0.3, 0.4) is 0 Å². The molecule has 6 nitrogen and oxygen atoms in total. The molecule has 0 N–H and O–H groups in total. The molecule has 30 heavy (non-hydrogen) atoms. The Morgan fingerprint density at radius 3 is 2.40 bits per heavy atom. The second-order valence-corrected chi connectivity index (χ2v) is 7.51. The van der Waals surface area contributed by atoms with Crippen molar-refractivity contribution in [3.63, 3.8) is 0 Å². The van der Waals surface area contributed by atoms with Gasteiger partial charge in [-0.05, 0) is 29.3 Å². The predicted octanol–water partition coefficient (Wildman–Crippen LogP) is 3.92. The lowest BCUT2D eigenvalue weighted by Crippen LogP contribution is -2.38. The zero-order chi connectivity index (χ0) is 21.3.